The molecule has 4 amide bonds. The molecule has 230 valence electrons. The first-order chi connectivity index (χ1) is 19.3. The Labute approximate surface area is 239 Å². The Hall–Kier alpha value is -3.76. The van der Waals surface area contributed by atoms with Crippen molar-refractivity contribution in [2.45, 2.75) is 63.6 Å². The van der Waals surface area contributed by atoms with Gasteiger partial charge >= 0.3 is 5.97 Å². The lowest BCUT2D eigenvalue weighted by Crippen LogP contribution is -2.52. The average molecular weight is 601 g/mol. The number of aliphatic carboxylic acids is 1. The fourth-order valence-corrected chi connectivity index (χ4v) is 4.38. The van der Waals surface area contributed by atoms with E-state index < -0.39 is 57.7 Å². The number of nitrogens with one attached hydrogen (secondary N) is 5. The zero-order chi connectivity index (χ0) is 31.0. The monoisotopic (exact) mass is 600 g/mol. The zero-order valence-electron chi connectivity index (χ0n) is 23.1. The second-order valence-corrected chi connectivity index (χ2v) is 10.8. The molecule has 0 heterocycles. The van der Waals surface area contributed by atoms with Crippen molar-refractivity contribution in [3.8, 4) is 0 Å². The van der Waals surface area contributed by atoms with Gasteiger partial charge in [0.2, 0.25) is 17.7 Å². The number of hydrogen-bond acceptors (Lipinski definition) is 9. The van der Waals surface area contributed by atoms with Crippen molar-refractivity contribution >= 4 is 45.4 Å². The summed E-state index contributed by atoms with van der Waals surface area (Å²) in [7, 11) is -3.27. The third-order valence-electron chi connectivity index (χ3n) is 5.93. The summed E-state index contributed by atoms with van der Waals surface area (Å²) < 4.78 is 31.0. The molecule has 16 heteroatoms. The maximum Gasteiger partial charge on any atom is 0.326 e. The molecule has 1 aromatic rings. The van der Waals surface area contributed by atoms with Gasteiger partial charge in [-0.3, -0.25) is 23.7 Å². The summed E-state index contributed by atoms with van der Waals surface area (Å²) in [5.41, 5.74) is 6.80. The predicted molar refractivity (Wildman–Crippen MR) is 151 cm³/mol. The highest BCUT2D eigenvalue weighted by Gasteiger charge is 2.28. The molecule has 9 N–H and O–H groups in total. The third kappa shape index (κ3) is 14.4. The fraction of sp³-hybridized carbons (Fsp3) is 0.560. The number of amides is 4. The van der Waals surface area contributed by atoms with Gasteiger partial charge in [-0.05, 0) is 63.4 Å². The molecule has 0 saturated carbocycles. The Kier molecular flexibility index (Phi) is 15.3. The molecule has 0 aromatic heterocycles. The van der Waals surface area contributed by atoms with Gasteiger partial charge in [-0.2, -0.15) is 8.42 Å². The Morgan fingerprint density at radius 3 is 2.12 bits per heavy atom. The van der Waals surface area contributed by atoms with Crippen LogP contribution < -0.4 is 32.3 Å². The van der Waals surface area contributed by atoms with E-state index in [0.717, 1.165) is 18.7 Å². The van der Waals surface area contributed by atoms with Gasteiger partial charge in [0.05, 0.1) is 5.75 Å². The van der Waals surface area contributed by atoms with Crippen LogP contribution in [0.15, 0.2) is 24.3 Å². The standard InChI is InChI=1S/C25H40N6O9S/c1-3-13-28-17-9-7-16(8-10-17)23(34)29-14-5-4-6-18(22(26)33)30-21(32)12-11-19(25(36)37)31-24(35)20(27-2)15-41(38,39)40/h7-10,18-20,27-28H,3-6,11-15H2,1-2H3,(H2,26,33)(H,29,34)(H,30,32)(H,31,35)(H,36,37)(H,38,39,40). The number of primary amides is 1. The summed E-state index contributed by atoms with van der Waals surface area (Å²) in [6.45, 7) is 3.22. The molecule has 15 nitrogen and oxygen atoms in total. The first kappa shape index (κ1) is 35.3. The summed E-state index contributed by atoms with van der Waals surface area (Å²) in [4.78, 5) is 60.2. The van der Waals surface area contributed by atoms with Gasteiger partial charge in [-0.1, -0.05) is 6.92 Å². The number of likely N-dealkylation sites (N-methyl/N-ethyl adjacent to an activating group) is 1. The first-order valence-electron chi connectivity index (χ1n) is 13.1. The van der Waals surface area contributed by atoms with Crippen molar-refractivity contribution in [3.05, 3.63) is 29.8 Å². The minimum atomic E-state index is -4.52. The van der Waals surface area contributed by atoms with E-state index >= 15 is 0 Å². The zero-order valence-corrected chi connectivity index (χ0v) is 24.0. The lowest BCUT2D eigenvalue weighted by molar-refractivity contribution is -0.142. The van der Waals surface area contributed by atoms with Gasteiger partial charge in [-0.25, -0.2) is 4.79 Å². The van der Waals surface area contributed by atoms with Crippen LogP contribution in [0.5, 0.6) is 0 Å². The molecule has 0 aliphatic heterocycles. The van der Waals surface area contributed by atoms with E-state index in [2.05, 4.69) is 33.5 Å². The van der Waals surface area contributed by atoms with Crippen LogP contribution in [0.1, 0.15) is 55.8 Å². The second-order valence-electron chi connectivity index (χ2n) is 9.31. The molecule has 3 atom stereocenters. The van der Waals surface area contributed by atoms with Crippen LogP contribution in [-0.4, -0.2) is 91.7 Å². The number of rotatable bonds is 20. The summed E-state index contributed by atoms with van der Waals surface area (Å²) in [5.74, 6) is -5.15. The van der Waals surface area contributed by atoms with Gasteiger partial charge in [0.25, 0.3) is 16.0 Å². The van der Waals surface area contributed by atoms with Crippen molar-refractivity contribution in [2.75, 3.05) is 31.2 Å². The number of nitrogens with two attached hydrogens (primary N) is 1. The Morgan fingerprint density at radius 1 is 0.927 bits per heavy atom. The predicted octanol–water partition coefficient (Wildman–Crippen LogP) is -0.796. The minimum absolute atomic E-state index is 0.188. The molecule has 3 unspecified atom stereocenters. The highest BCUT2D eigenvalue weighted by Crippen LogP contribution is 2.10. The summed E-state index contributed by atoms with van der Waals surface area (Å²) in [5, 5.41) is 22.3. The van der Waals surface area contributed by atoms with Gasteiger partial charge < -0.3 is 37.4 Å². The third-order valence-corrected chi connectivity index (χ3v) is 6.68. The largest absolute Gasteiger partial charge is 0.480 e. The summed E-state index contributed by atoms with van der Waals surface area (Å²) in [6, 6.07) is 3.09. The Bertz CT molecular complexity index is 1140. The number of carbonyl (C=O) groups is 5. The van der Waals surface area contributed by atoms with E-state index in [1.165, 1.54) is 7.05 Å². The molecule has 0 spiro atoms. The average Bonchev–Trinajstić information content (AvgIpc) is 2.91. The first-order valence-corrected chi connectivity index (χ1v) is 14.7. The highest BCUT2D eigenvalue weighted by atomic mass is 32.2. The molecule has 0 aliphatic rings. The number of carbonyl (C=O) groups excluding carboxylic acids is 4. The van der Waals surface area contributed by atoms with E-state index in [0.29, 0.717) is 24.9 Å². The summed E-state index contributed by atoms with van der Waals surface area (Å²) >= 11 is 0. The molecular weight excluding hydrogens is 560 g/mol. The topological polar surface area (TPSA) is 246 Å². The van der Waals surface area contributed by atoms with Gasteiger partial charge in [0, 0.05) is 30.8 Å². The van der Waals surface area contributed by atoms with Crippen LogP contribution in [0.4, 0.5) is 5.69 Å². The SMILES string of the molecule is CCCNc1ccc(C(=O)NCCCCC(NC(=O)CCC(NC(=O)C(CS(=O)(=O)O)NC)C(=O)O)C(N)=O)cc1. The van der Waals surface area contributed by atoms with Crippen LogP contribution in [0.25, 0.3) is 0 Å². The molecule has 0 aliphatic carbocycles. The molecule has 41 heavy (non-hydrogen) atoms. The maximum atomic E-state index is 12.4. The van der Waals surface area contributed by atoms with Crippen LogP contribution >= 0.6 is 0 Å². The molecule has 0 bridgehead atoms. The van der Waals surface area contributed by atoms with Crippen LogP contribution in [0, 0.1) is 0 Å². The van der Waals surface area contributed by atoms with Crippen molar-refractivity contribution in [3.63, 3.8) is 0 Å². The molecule has 1 rings (SSSR count). The number of carboxylic acid groups (broad SMARTS) is 1. The number of hydrogen-bond donors (Lipinski definition) is 8. The molecule has 0 fully saturated rings. The number of benzene rings is 1. The minimum Gasteiger partial charge on any atom is -0.480 e. The lowest BCUT2D eigenvalue weighted by Gasteiger charge is -2.20. The van der Waals surface area contributed by atoms with E-state index in [1.54, 1.807) is 12.1 Å². The maximum absolute atomic E-state index is 12.4. The molecule has 0 saturated heterocycles. The van der Waals surface area contributed by atoms with Crippen molar-refractivity contribution in [1.29, 1.82) is 0 Å². The van der Waals surface area contributed by atoms with E-state index in [9.17, 15) is 37.5 Å². The number of anilines is 1. The van der Waals surface area contributed by atoms with Crippen LogP contribution in [-0.2, 0) is 29.3 Å². The van der Waals surface area contributed by atoms with Crippen LogP contribution in [0.2, 0.25) is 0 Å². The molecule has 0 radical (unpaired) electrons. The van der Waals surface area contributed by atoms with E-state index in [4.69, 9.17) is 10.3 Å². The van der Waals surface area contributed by atoms with Gasteiger partial charge in [0.15, 0.2) is 0 Å². The van der Waals surface area contributed by atoms with Crippen molar-refractivity contribution < 1.29 is 42.0 Å². The van der Waals surface area contributed by atoms with Gasteiger partial charge in [0.1, 0.15) is 18.1 Å². The molecular formula is C25H40N6O9S. The quantitative estimate of drug-likeness (QED) is 0.0680. The Morgan fingerprint density at radius 2 is 1.59 bits per heavy atom. The summed E-state index contributed by atoms with van der Waals surface area (Å²) in [6.07, 6.45) is 1.38. The van der Waals surface area contributed by atoms with Gasteiger partial charge in [-0.15, -0.1) is 0 Å². The van der Waals surface area contributed by atoms with Crippen LogP contribution in [0.3, 0.4) is 0 Å². The lowest BCUT2D eigenvalue weighted by atomic mass is 10.1. The number of carboxylic acids is 1. The fourth-order valence-electron chi connectivity index (χ4n) is 3.64. The van der Waals surface area contributed by atoms with E-state index in [-0.39, 0.29) is 25.2 Å². The smallest absolute Gasteiger partial charge is 0.326 e. The van der Waals surface area contributed by atoms with Crippen molar-refractivity contribution in [2.24, 2.45) is 5.73 Å². The molecule has 1 aromatic carbocycles. The normalized spacial score (nSPS) is 13.3. The number of unbranched alkanes of at least 4 members (excludes halogenated alkanes) is 1. The Balaban J connectivity index is 2.49. The highest BCUT2D eigenvalue weighted by molar-refractivity contribution is 7.85. The van der Waals surface area contributed by atoms with E-state index in [1.807, 2.05) is 12.1 Å². The second kappa shape index (κ2) is 17.8. The van der Waals surface area contributed by atoms with Crippen molar-refractivity contribution in [1.82, 2.24) is 21.3 Å².